The SMILES string of the molecule is CCCCCCCCCCCCCCCCCCC(I)(I)C(I)(I)C(I)(I)C(=O)O. The fraction of sp³-hybridized carbons (Fsp3) is 0.955. The van der Waals surface area contributed by atoms with Crippen molar-refractivity contribution in [1.82, 2.24) is 0 Å². The molecule has 2 nitrogen and oxygen atoms in total. The minimum Gasteiger partial charge on any atom is -0.480 e. The molecule has 0 aromatic carbocycles. The predicted octanol–water partition coefficient (Wildman–Crippen LogP) is 11.4. The number of carboxylic acid groups (broad SMARTS) is 1. The van der Waals surface area contributed by atoms with Crippen LogP contribution in [0.1, 0.15) is 116 Å². The van der Waals surface area contributed by atoms with Crippen molar-refractivity contribution in [2.75, 3.05) is 0 Å². The van der Waals surface area contributed by atoms with Crippen molar-refractivity contribution in [3.63, 3.8) is 0 Å². The van der Waals surface area contributed by atoms with Gasteiger partial charge in [-0.05, 0) is 6.42 Å². The molecule has 0 aromatic heterocycles. The van der Waals surface area contributed by atoms with Gasteiger partial charge in [-0.2, -0.15) is 0 Å². The van der Waals surface area contributed by atoms with Gasteiger partial charge in [-0.15, -0.1) is 0 Å². The van der Waals surface area contributed by atoms with Crippen molar-refractivity contribution in [2.45, 2.75) is 120 Å². The van der Waals surface area contributed by atoms with Gasteiger partial charge >= 0.3 is 5.97 Å². The molecule has 1 N–H and O–H groups in total. The fourth-order valence-electron chi connectivity index (χ4n) is 3.42. The average molecular weight is 1100 g/mol. The molecule has 0 atom stereocenters. The van der Waals surface area contributed by atoms with Gasteiger partial charge < -0.3 is 5.11 Å². The van der Waals surface area contributed by atoms with E-state index in [1.807, 2.05) is 0 Å². The molecule has 8 heteroatoms. The molecule has 0 saturated carbocycles. The molecule has 30 heavy (non-hydrogen) atoms. The molecule has 0 aliphatic rings. The Kier molecular flexibility index (Phi) is 21.5. The number of alkyl halides is 6. The molecule has 0 amide bonds. The molecule has 0 heterocycles. The summed E-state index contributed by atoms with van der Waals surface area (Å²) in [4.78, 5) is 11.7. The first-order valence-corrected chi connectivity index (χ1v) is 17.8. The van der Waals surface area contributed by atoms with Gasteiger partial charge in [0.2, 0.25) is 0 Å². The van der Waals surface area contributed by atoms with E-state index in [1.165, 1.54) is 103 Å². The van der Waals surface area contributed by atoms with Gasteiger partial charge in [0.25, 0.3) is 0 Å². The van der Waals surface area contributed by atoms with Crippen LogP contribution in [0.3, 0.4) is 0 Å². The predicted molar refractivity (Wildman–Crippen MR) is 184 cm³/mol. The molecule has 0 radical (unpaired) electrons. The lowest BCUT2D eigenvalue weighted by Crippen LogP contribution is -2.51. The van der Waals surface area contributed by atoms with Crippen LogP contribution in [0.5, 0.6) is 0 Å². The number of unbranched alkanes of at least 4 members (excludes halogenated alkanes) is 15. The molecular weight excluding hydrogens is 1060 g/mol. The van der Waals surface area contributed by atoms with Gasteiger partial charge in [-0.1, -0.05) is 245 Å². The molecule has 0 aliphatic heterocycles. The first-order chi connectivity index (χ1) is 14.0. The van der Waals surface area contributed by atoms with E-state index < -0.39 is 7.40 Å². The molecule has 0 fully saturated rings. The number of aliphatic carboxylic acids is 1. The Morgan fingerprint density at radius 1 is 0.600 bits per heavy atom. The molecule has 0 saturated heterocycles. The summed E-state index contributed by atoms with van der Waals surface area (Å²) in [6.45, 7) is 2.28. The number of hydrogen-bond acceptors (Lipinski definition) is 1. The van der Waals surface area contributed by atoms with E-state index in [4.69, 9.17) is 0 Å². The van der Waals surface area contributed by atoms with Gasteiger partial charge in [0.05, 0.1) is 1.43 Å². The van der Waals surface area contributed by atoms with E-state index >= 15 is 0 Å². The summed E-state index contributed by atoms with van der Waals surface area (Å²) in [7, 11) is 0. The van der Waals surface area contributed by atoms with Gasteiger partial charge in [0.15, 0.2) is 1.43 Å². The van der Waals surface area contributed by atoms with Crippen LogP contribution in [0, 0.1) is 0 Å². The van der Waals surface area contributed by atoms with E-state index in [0.717, 1.165) is 6.42 Å². The monoisotopic (exact) mass is 1100 g/mol. The fourth-order valence-corrected chi connectivity index (χ4v) is 8.97. The minimum atomic E-state index is -0.818. The van der Waals surface area contributed by atoms with Crippen molar-refractivity contribution >= 4 is 142 Å². The maximum absolute atomic E-state index is 11.7. The van der Waals surface area contributed by atoms with E-state index in [-0.39, 0.29) is 2.86 Å². The highest BCUT2D eigenvalue weighted by molar-refractivity contribution is 14.2. The van der Waals surface area contributed by atoms with Crippen molar-refractivity contribution in [1.29, 1.82) is 0 Å². The zero-order chi connectivity index (χ0) is 23.1. The van der Waals surface area contributed by atoms with Crippen LogP contribution < -0.4 is 0 Å². The Labute approximate surface area is 267 Å². The van der Waals surface area contributed by atoms with Crippen LogP contribution in [0.15, 0.2) is 0 Å². The minimum absolute atomic E-state index is 0.0829. The van der Waals surface area contributed by atoms with E-state index in [9.17, 15) is 9.90 Å². The molecule has 0 rings (SSSR count). The maximum atomic E-state index is 11.7. The lowest BCUT2D eigenvalue weighted by molar-refractivity contribution is -0.136. The standard InChI is InChI=1S/C22H38I6O2/c1-2-3-4-5-6-7-8-9-10-11-12-13-14-15-16-17-18-20(23,24)22(27,28)21(25,26)19(29)30/h2-18H2,1H3,(H,29,30). The Balaban J connectivity index is 3.69. The van der Waals surface area contributed by atoms with Crippen molar-refractivity contribution in [3.8, 4) is 0 Å². The normalized spacial score (nSPS) is 13.0. The third-order valence-corrected chi connectivity index (χ3v) is 22.4. The summed E-state index contributed by atoms with van der Waals surface area (Å²) < 4.78 is -1.26. The molecule has 0 bridgehead atoms. The summed E-state index contributed by atoms with van der Waals surface area (Å²) in [5.74, 6) is -0.739. The zero-order valence-corrected chi connectivity index (χ0v) is 31.1. The van der Waals surface area contributed by atoms with Crippen LogP contribution in [-0.4, -0.2) is 15.4 Å². The molecule has 0 spiro atoms. The summed E-state index contributed by atoms with van der Waals surface area (Å²) >= 11 is 13.9. The largest absolute Gasteiger partial charge is 0.480 e. The number of rotatable bonds is 20. The molecule has 0 aliphatic carbocycles. The third kappa shape index (κ3) is 13.8. The number of carbonyl (C=O) groups is 1. The third-order valence-electron chi connectivity index (χ3n) is 5.47. The highest BCUT2D eigenvalue weighted by Crippen LogP contribution is 2.63. The first-order valence-electron chi connectivity index (χ1n) is 11.4. The first kappa shape index (κ1) is 33.8. The summed E-state index contributed by atoms with van der Waals surface area (Å²) in [6, 6.07) is 0. The zero-order valence-electron chi connectivity index (χ0n) is 18.1. The Bertz CT molecular complexity index is 455. The van der Waals surface area contributed by atoms with Gasteiger partial charge in [-0.3, -0.25) is 0 Å². The molecule has 180 valence electrons. The second-order valence-corrected chi connectivity index (χ2v) is 24.6. The smallest absolute Gasteiger partial charge is 0.332 e. The van der Waals surface area contributed by atoms with Gasteiger partial charge in [0.1, 0.15) is 1.43 Å². The van der Waals surface area contributed by atoms with Gasteiger partial charge in [0, 0.05) is 0 Å². The highest BCUT2D eigenvalue weighted by atomic mass is 127. The van der Waals surface area contributed by atoms with Gasteiger partial charge in [-0.25, -0.2) is 4.79 Å². The van der Waals surface area contributed by atoms with Crippen LogP contribution in [0.25, 0.3) is 0 Å². The van der Waals surface area contributed by atoms with Crippen LogP contribution in [0.2, 0.25) is 0 Å². The second kappa shape index (κ2) is 19.0. The second-order valence-electron chi connectivity index (χ2n) is 8.21. The van der Waals surface area contributed by atoms with Crippen molar-refractivity contribution < 1.29 is 9.90 Å². The Morgan fingerprint density at radius 3 is 1.20 bits per heavy atom. The number of halogens is 6. The van der Waals surface area contributed by atoms with E-state index in [2.05, 4.69) is 142 Å². The Morgan fingerprint density at radius 2 is 0.900 bits per heavy atom. The number of carboxylic acids is 1. The summed E-state index contributed by atoms with van der Waals surface area (Å²) in [5.41, 5.74) is 0. The summed E-state index contributed by atoms with van der Waals surface area (Å²) in [5, 5.41) is 9.62. The molecule has 0 unspecified atom stereocenters. The van der Waals surface area contributed by atoms with Crippen LogP contribution in [-0.2, 0) is 4.79 Å². The summed E-state index contributed by atoms with van der Waals surface area (Å²) in [6.07, 6.45) is 23.2. The highest BCUT2D eigenvalue weighted by Gasteiger charge is 2.60. The van der Waals surface area contributed by atoms with Crippen LogP contribution >= 0.6 is 136 Å². The van der Waals surface area contributed by atoms with Crippen LogP contribution in [0.4, 0.5) is 0 Å². The molecular formula is C22H38I6O2. The maximum Gasteiger partial charge on any atom is 0.332 e. The number of hydrogen-bond donors (Lipinski definition) is 1. The quantitative estimate of drug-likeness (QED) is 0.0749. The molecule has 0 aromatic rings. The van der Waals surface area contributed by atoms with Crippen molar-refractivity contribution in [2.24, 2.45) is 0 Å². The van der Waals surface area contributed by atoms with E-state index in [1.54, 1.807) is 0 Å². The van der Waals surface area contributed by atoms with Crippen molar-refractivity contribution in [3.05, 3.63) is 0 Å². The average Bonchev–Trinajstić information content (AvgIpc) is 2.67. The lowest BCUT2D eigenvalue weighted by Gasteiger charge is -2.41. The Hall–Kier alpha value is 3.85. The topological polar surface area (TPSA) is 37.3 Å². The lowest BCUT2D eigenvalue weighted by atomic mass is 10.0. The van der Waals surface area contributed by atoms with E-state index in [0.29, 0.717) is 0 Å².